The van der Waals surface area contributed by atoms with Gasteiger partial charge in [0.1, 0.15) is 0 Å². The molecule has 0 aromatic heterocycles. The number of ether oxygens (including phenoxy) is 1. The Hall–Kier alpha value is -1.63. The highest BCUT2D eigenvalue weighted by molar-refractivity contribution is 5.79. The molecule has 3 rings (SSSR count). The minimum Gasteiger partial charge on any atom is -0.373 e. The molecule has 2 N–H and O–H groups in total. The third-order valence-corrected chi connectivity index (χ3v) is 5.59. The number of nitrogens with one attached hydrogen (secondary N) is 2. The maximum absolute atomic E-state index is 5.83. The molecule has 1 unspecified atom stereocenters. The highest BCUT2D eigenvalue weighted by Gasteiger charge is 2.29. The van der Waals surface area contributed by atoms with Crippen LogP contribution in [0.5, 0.6) is 0 Å². The van der Waals surface area contributed by atoms with E-state index in [2.05, 4.69) is 62.7 Å². The average Bonchev–Trinajstić information content (AvgIpc) is 3.13. The highest BCUT2D eigenvalue weighted by atomic mass is 16.5. The van der Waals surface area contributed by atoms with E-state index < -0.39 is 0 Å². The van der Waals surface area contributed by atoms with Crippen molar-refractivity contribution in [2.45, 2.75) is 31.9 Å². The second-order valence-corrected chi connectivity index (χ2v) is 7.86. The van der Waals surface area contributed by atoms with E-state index >= 15 is 0 Å². The molecule has 1 aromatic carbocycles. The fourth-order valence-electron chi connectivity index (χ4n) is 3.81. The predicted molar refractivity (Wildman–Crippen MR) is 111 cm³/mol. The second kappa shape index (κ2) is 10.1. The minimum atomic E-state index is -0.0489. The van der Waals surface area contributed by atoms with Gasteiger partial charge < -0.3 is 15.4 Å². The van der Waals surface area contributed by atoms with E-state index in [0.717, 1.165) is 77.8 Å². The largest absolute Gasteiger partial charge is 0.373 e. The zero-order chi connectivity index (χ0) is 19.0. The Bertz CT molecular complexity index is 577. The van der Waals surface area contributed by atoms with Crippen molar-refractivity contribution in [3.05, 3.63) is 35.9 Å². The van der Waals surface area contributed by atoms with Crippen molar-refractivity contribution in [1.82, 2.24) is 20.4 Å². The molecule has 2 aliphatic rings. The smallest absolute Gasteiger partial charge is 0.191 e. The lowest BCUT2D eigenvalue weighted by atomic mass is 10.0. The van der Waals surface area contributed by atoms with Crippen LogP contribution in [-0.4, -0.2) is 80.8 Å². The van der Waals surface area contributed by atoms with E-state index in [-0.39, 0.29) is 5.60 Å². The predicted octanol–water partition coefficient (Wildman–Crippen LogP) is 1.54. The Balaban J connectivity index is 1.30. The van der Waals surface area contributed by atoms with E-state index in [1.807, 2.05) is 7.05 Å². The highest BCUT2D eigenvalue weighted by Crippen LogP contribution is 2.23. The maximum atomic E-state index is 5.83. The summed E-state index contributed by atoms with van der Waals surface area (Å²) in [7, 11) is 1.83. The topological polar surface area (TPSA) is 52.1 Å². The van der Waals surface area contributed by atoms with Crippen LogP contribution in [0.2, 0.25) is 0 Å². The molecule has 1 atom stereocenters. The number of hydrogen-bond acceptors (Lipinski definition) is 4. The molecule has 0 saturated carbocycles. The van der Waals surface area contributed by atoms with Gasteiger partial charge in [0.25, 0.3) is 0 Å². The maximum Gasteiger partial charge on any atom is 0.191 e. The summed E-state index contributed by atoms with van der Waals surface area (Å²) in [5.74, 6) is 0.870. The fourth-order valence-corrected chi connectivity index (χ4v) is 3.81. The van der Waals surface area contributed by atoms with Crippen molar-refractivity contribution in [3.63, 3.8) is 0 Å². The van der Waals surface area contributed by atoms with Gasteiger partial charge in [-0.15, -0.1) is 0 Å². The van der Waals surface area contributed by atoms with Gasteiger partial charge in [0, 0.05) is 66.0 Å². The normalized spacial score (nSPS) is 24.9. The van der Waals surface area contributed by atoms with Crippen LogP contribution in [0.1, 0.15) is 25.3 Å². The lowest BCUT2D eigenvalue weighted by molar-refractivity contribution is 0.0242. The third kappa shape index (κ3) is 6.48. The molecule has 150 valence electrons. The molecule has 2 saturated heterocycles. The Morgan fingerprint density at radius 2 is 1.85 bits per heavy atom. The van der Waals surface area contributed by atoms with Gasteiger partial charge in [-0.05, 0) is 25.3 Å². The summed E-state index contributed by atoms with van der Waals surface area (Å²) in [5, 5.41) is 6.85. The van der Waals surface area contributed by atoms with E-state index in [9.17, 15) is 0 Å². The summed E-state index contributed by atoms with van der Waals surface area (Å²) < 4.78 is 5.83. The van der Waals surface area contributed by atoms with Crippen LogP contribution in [-0.2, 0) is 11.3 Å². The van der Waals surface area contributed by atoms with Crippen LogP contribution < -0.4 is 10.6 Å². The van der Waals surface area contributed by atoms with Crippen molar-refractivity contribution in [2.24, 2.45) is 4.99 Å². The van der Waals surface area contributed by atoms with Crippen LogP contribution in [0.3, 0.4) is 0 Å². The molecule has 0 aliphatic carbocycles. The molecule has 0 bridgehead atoms. The second-order valence-electron chi connectivity index (χ2n) is 7.86. The summed E-state index contributed by atoms with van der Waals surface area (Å²) in [6.07, 6.45) is 2.27. The first kappa shape index (κ1) is 20.1. The number of piperazine rings is 1. The average molecular weight is 374 g/mol. The first-order valence-electron chi connectivity index (χ1n) is 10.2. The lowest BCUT2D eigenvalue weighted by Crippen LogP contribution is -2.50. The molecule has 6 nitrogen and oxygen atoms in total. The van der Waals surface area contributed by atoms with Gasteiger partial charge in [0.15, 0.2) is 5.96 Å². The summed E-state index contributed by atoms with van der Waals surface area (Å²) >= 11 is 0. The first-order valence-corrected chi connectivity index (χ1v) is 10.2. The van der Waals surface area contributed by atoms with Gasteiger partial charge in [0.05, 0.1) is 5.60 Å². The van der Waals surface area contributed by atoms with Crippen LogP contribution in [0, 0.1) is 0 Å². The van der Waals surface area contributed by atoms with Crippen molar-refractivity contribution in [2.75, 3.05) is 59.5 Å². The zero-order valence-electron chi connectivity index (χ0n) is 16.9. The number of aliphatic imine (C=N–C) groups is 1. The van der Waals surface area contributed by atoms with E-state index in [1.54, 1.807) is 0 Å². The third-order valence-electron chi connectivity index (χ3n) is 5.59. The van der Waals surface area contributed by atoms with Gasteiger partial charge in [0.2, 0.25) is 0 Å². The number of rotatable bonds is 7. The summed E-state index contributed by atoms with van der Waals surface area (Å²) in [4.78, 5) is 9.41. The van der Waals surface area contributed by atoms with Gasteiger partial charge >= 0.3 is 0 Å². The van der Waals surface area contributed by atoms with Crippen LogP contribution in [0.4, 0.5) is 0 Å². The van der Waals surface area contributed by atoms with E-state index in [0.29, 0.717) is 0 Å². The standard InChI is InChI=1S/C21H35N5O/c1-21(9-6-16-27-21)18-24-20(22-2)23-10-11-25-12-14-26(15-13-25)17-19-7-4-3-5-8-19/h3-5,7-8H,6,9-18H2,1-2H3,(H2,22,23,24). The Morgan fingerprint density at radius 3 is 2.52 bits per heavy atom. The fraction of sp³-hybridized carbons (Fsp3) is 0.667. The zero-order valence-corrected chi connectivity index (χ0v) is 16.9. The van der Waals surface area contributed by atoms with Gasteiger partial charge in [-0.1, -0.05) is 30.3 Å². The van der Waals surface area contributed by atoms with Crippen molar-refractivity contribution in [3.8, 4) is 0 Å². The first-order chi connectivity index (χ1) is 13.2. The Morgan fingerprint density at radius 1 is 1.11 bits per heavy atom. The van der Waals surface area contributed by atoms with E-state index in [1.165, 1.54) is 5.56 Å². The molecule has 1 aromatic rings. The molecule has 0 spiro atoms. The minimum absolute atomic E-state index is 0.0489. The molecule has 2 fully saturated rings. The molecule has 6 heteroatoms. The van der Waals surface area contributed by atoms with Crippen molar-refractivity contribution >= 4 is 5.96 Å². The number of nitrogens with zero attached hydrogens (tertiary/aromatic N) is 3. The number of hydrogen-bond donors (Lipinski definition) is 2. The van der Waals surface area contributed by atoms with Crippen LogP contribution >= 0.6 is 0 Å². The van der Waals surface area contributed by atoms with Crippen LogP contribution in [0.25, 0.3) is 0 Å². The molecule has 2 aliphatic heterocycles. The molecule has 2 heterocycles. The summed E-state index contributed by atoms with van der Waals surface area (Å²) in [6, 6.07) is 10.8. The lowest BCUT2D eigenvalue weighted by Gasteiger charge is -2.34. The van der Waals surface area contributed by atoms with E-state index in [4.69, 9.17) is 4.74 Å². The van der Waals surface area contributed by atoms with Crippen molar-refractivity contribution in [1.29, 1.82) is 0 Å². The number of benzene rings is 1. The van der Waals surface area contributed by atoms with Gasteiger partial charge in [-0.2, -0.15) is 0 Å². The number of guanidine groups is 1. The van der Waals surface area contributed by atoms with Crippen LogP contribution in [0.15, 0.2) is 35.3 Å². The molecular formula is C21H35N5O. The molecule has 0 amide bonds. The van der Waals surface area contributed by atoms with Gasteiger partial charge in [-0.3, -0.25) is 14.8 Å². The van der Waals surface area contributed by atoms with Gasteiger partial charge in [-0.25, -0.2) is 0 Å². The van der Waals surface area contributed by atoms with Crippen molar-refractivity contribution < 1.29 is 4.74 Å². The quantitative estimate of drug-likeness (QED) is 0.561. The molecular weight excluding hydrogens is 338 g/mol. The monoisotopic (exact) mass is 373 g/mol. The summed E-state index contributed by atoms with van der Waals surface area (Å²) in [6.45, 7) is 11.4. The molecule has 0 radical (unpaired) electrons. The molecule has 27 heavy (non-hydrogen) atoms. The summed E-state index contributed by atoms with van der Waals surface area (Å²) in [5.41, 5.74) is 1.36. The Kier molecular flexibility index (Phi) is 7.50. The Labute approximate surface area is 164 Å². The SMILES string of the molecule is CN=C(NCCN1CCN(Cc2ccccc2)CC1)NCC1(C)CCCO1.